The maximum Gasteiger partial charge on any atom is 0.275 e. The van der Waals surface area contributed by atoms with Gasteiger partial charge in [0.05, 0.1) is 23.3 Å². The molecule has 2 atom stereocenters. The number of aryl methyl sites for hydroxylation is 1. The molecule has 26 heavy (non-hydrogen) atoms. The Morgan fingerprint density at radius 3 is 2.62 bits per heavy atom. The minimum absolute atomic E-state index is 0.0173. The van der Waals surface area contributed by atoms with Crippen LogP contribution < -0.4 is 10.2 Å². The summed E-state index contributed by atoms with van der Waals surface area (Å²) in [5.41, 5.74) is 3.49. The molecule has 0 radical (unpaired) electrons. The molecule has 0 bridgehead atoms. The van der Waals surface area contributed by atoms with Crippen molar-refractivity contribution in [2.24, 2.45) is 0 Å². The first-order valence-electron chi connectivity index (χ1n) is 9.09. The number of fused-ring (bicyclic) bond motifs is 1. The molecule has 0 aliphatic rings. The van der Waals surface area contributed by atoms with E-state index in [4.69, 9.17) is 0 Å². The number of amides is 1. The van der Waals surface area contributed by atoms with Crippen LogP contribution in [0, 0.1) is 0 Å². The van der Waals surface area contributed by atoms with Crippen molar-refractivity contribution in [2.45, 2.75) is 32.9 Å². The van der Waals surface area contributed by atoms with Gasteiger partial charge in [0.2, 0.25) is 0 Å². The molecule has 1 aromatic heterocycles. The zero-order valence-electron chi connectivity index (χ0n) is 15.6. The van der Waals surface area contributed by atoms with Crippen molar-refractivity contribution in [3.63, 3.8) is 0 Å². The number of thiazole rings is 1. The van der Waals surface area contributed by atoms with Gasteiger partial charge in [0.15, 0.2) is 6.54 Å². The molecule has 1 amide bonds. The third kappa shape index (κ3) is 4.68. The minimum Gasteiger partial charge on any atom is -0.345 e. The van der Waals surface area contributed by atoms with Crippen molar-refractivity contribution < 1.29 is 9.69 Å². The van der Waals surface area contributed by atoms with E-state index in [1.54, 1.807) is 11.3 Å². The van der Waals surface area contributed by atoms with Gasteiger partial charge in [-0.1, -0.05) is 43.3 Å². The Morgan fingerprint density at radius 2 is 1.92 bits per heavy atom. The van der Waals surface area contributed by atoms with Gasteiger partial charge in [-0.25, -0.2) is 4.98 Å². The van der Waals surface area contributed by atoms with Gasteiger partial charge in [-0.05, 0) is 36.6 Å². The summed E-state index contributed by atoms with van der Waals surface area (Å²) in [6.45, 7) is 5.37. The Bertz CT molecular complexity index is 839. The summed E-state index contributed by atoms with van der Waals surface area (Å²) < 4.78 is 1.20. The van der Waals surface area contributed by atoms with Crippen LogP contribution in [0.25, 0.3) is 10.2 Å². The third-order valence-electron chi connectivity index (χ3n) is 4.52. The van der Waals surface area contributed by atoms with Gasteiger partial charge >= 0.3 is 0 Å². The summed E-state index contributed by atoms with van der Waals surface area (Å²) >= 11 is 1.70. The molecule has 0 saturated carbocycles. The highest BCUT2D eigenvalue weighted by Gasteiger charge is 2.16. The Hall–Kier alpha value is -2.24. The number of likely N-dealkylation sites (N-methyl/N-ethyl adjacent to an activating group) is 1. The van der Waals surface area contributed by atoms with E-state index in [0.29, 0.717) is 6.54 Å². The minimum atomic E-state index is 0.0173. The number of carbonyl (C=O) groups excluding carboxylic acids is 1. The van der Waals surface area contributed by atoms with E-state index in [9.17, 15) is 4.79 Å². The van der Waals surface area contributed by atoms with E-state index in [1.807, 2.05) is 32.2 Å². The first-order valence-corrected chi connectivity index (χ1v) is 9.90. The fourth-order valence-corrected chi connectivity index (χ4v) is 4.09. The predicted molar refractivity (Wildman–Crippen MR) is 107 cm³/mol. The van der Waals surface area contributed by atoms with E-state index in [-0.39, 0.29) is 11.9 Å². The van der Waals surface area contributed by atoms with Crippen LogP contribution in [0.15, 0.2) is 48.5 Å². The van der Waals surface area contributed by atoms with Gasteiger partial charge in [-0.15, -0.1) is 11.3 Å². The molecule has 0 saturated heterocycles. The maximum absolute atomic E-state index is 12.4. The summed E-state index contributed by atoms with van der Waals surface area (Å²) in [5, 5.41) is 4.17. The smallest absolute Gasteiger partial charge is 0.275 e. The molecule has 1 unspecified atom stereocenters. The summed E-state index contributed by atoms with van der Waals surface area (Å²) in [6, 6.07) is 16.6. The second-order valence-corrected chi connectivity index (χ2v) is 7.89. The molecule has 2 aromatic carbocycles. The number of benzene rings is 2. The molecule has 1 heterocycles. The van der Waals surface area contributed by atoms with E-state index in [1.165, 1.54) is 10.3 Å². The molecule has 2 N–H and O–H groups in total. The number of nitrogens with one attached hydrogen (secondary N) is 2. The molecule has 3 aromatic rings. The van der Waals surface area contributed by atoms with Gasteiger partial charge < -0.3 is 10.2 Å². The van der Waals surface area contributed by atoms with Crippen molar-refractivity contribution in [3.05, 3.63) is 64.7 Å². The fourth-order valence-electron chi connectivity index (χ4n) is 3.01. The third-order valence-corrected chi connectivity index (χ3v) is 5.56. The quantitative estimate of drug-likeness (QED) is 0.674. The molecule has 5 heteroatoms. The van der Waals surface area contributed by atoms with Gasteiger partial charge in [0.1, 0.15) is 11.6 Å². The Balaban J connectivity index is 1.53. The van der Waals surface area contributed by atoms with Crippen LogP contribution >= 0.6 is 11.3 Å². The highest BCUT2D eigenvalue weighted by Crippen LogP contribution is 2.20. The summed E-state index contributed by atoms with van der Waals surface area (Å²) in [6.07, 6.45) is 1.03. The van der Waals surface area contributed by atoms with E-state index >= 15 is 0 Å². The van der Waals surface area contributed by atoms with Crippen LogP contribution in [0.2, 0.25) is 0 Å². The number of rotatable bonds is 7. The molecule has 0 aliphatic carbocycles. The van der Waals surface area contributed by atoms with Crippen LogP contribution in [-0.4, -0.2) is 24.5 Å². The van der Waals surface area contributed by atoms with E-state index in [0.717, 1.165) is 34.0 Å². The largest absolute Gasteiger partial charge is 0.345 e. The number of aromatic nitrogens is 1. The topological polar surface area (TPSA) is 46.4 Å². The second kappa shape index (κ2) is 8.43. The van der Waals surface area contributed by atoms with E-state index < -0.39 is 0 Å². The average Bonchev–Trinajstić information content (AvgIpc) is 3.03. The molecule has 3 rings (SSSR count). The summed E-state index contributed by atoms with van der Waals surface area (Å²) in [7, 11) is 2.03. The van der Waals surface area contributed by atoms with Crippen molar-refractivity contribution in [1.82, 2.24) is 10.3 Å². The monoisotopic (exact) mass is 368 g/mol. The van der Waals surface area contributed by atoms with E-state index in [2.05, 4.69) is 47.6 Å². The maximum atomic E-state index is 12.4. The SMILES string of the molecule is CCc1ccc([C@H](C)NC(=O)C[NH+](C)Cc2nc3ccccc3s2)cc1. The molecule has 0 aliphatic heterocycles. The fraction of sp³-hybridized carbons (Fsp3) is 0.333. The van der Waals surface area contributed by atoms with Crippen LogP contribution in [0.1, 0.15) is 36.0 Å². The highest BCUT2D eigenvalue weighted by atomic mass is 32.1. The highest BCUT2D eigenvalue weighted by molar-refractivity contribution is 7.18. The van der Waals surface area contributed by atoms with Crippen molar-refractivity contribution in [2.75, 3.05) is 13.6 Å². The first-order chi connectivity index (χ1) is 12.5. The van der Waals surface area contributed by atoms with Gasteiger partial charge in [0.25, 0.3) is 5.91 Å². The number of quaternary nitrogens is 1. The standard InChI is InChI=1S/C21H25N3OS/c1-4-16-9-11-17(12-10-16)15(2)22-20(25)13-24(3)14-21-23-18-7-5-6-8-19(18)26-21/h5-12,15H,4,13-14H2,1-3H3,(H,22,25)/p+1/t15-/m0/s1. The number of para-hydroxylation sites is 1. The molecule has 4 nitrogen and oxygen atoms in total. The Kier molecular flexibility index (Phi) is 6.01. The molecule has 136 valence electrons. The average molecular weight is 369 g/mol. The number of hydrogen-bond donors (Lipinski definition) is 2. The summed E-state index contributed by atoms with van der Waals surface area (Å²) in [5.74, 6) is 0.0654. The van der Waals surface area contributed by atoms with Crippen molar-refractivity contribution >= 4 is 27.5 Å². The van der Waals surface area contributed by atoms with Gasteiger partial charge in [-0.3, -0.25) is 4.79 Å². The Morgan fingerprint density at radius 1 is 1.19 bits per heavy atom. The lowest BCUT2D eigenvalue weighted by Gasteiger charge is -2.17. The zero-order valence-corrected chi connectivity index (χ0v) is 16.4. The van der Waals surface area contributed by atoms with Crippen LogP contribution in [0.5, 0.6) is 0 Å². The van der Waals surface area contributed by atoms with Crippen LogP contribution in [0.4, 0.5) is 0 Å². The second-order valence-electron chi connectivity index (χ2n) is 6.77. The van der Waals surface area contributed by atoms with Crippen LogP contribution in [0.3, 0.4) is 0 Å². The number of hydrogen-bond acceptors (Lipinski definition) is 3. The molecular weight excluding hydrogens is 342 g/mol. The summed E-state index contributed by atoms with van der Waals surface area (Å²) in [4.78, 5) is 18.2. The Labute approximate surface area is 158 Å². The van der Waals surface area contributed by atoms with Gasteiger partial charge in [-0.2, -0.15) is 0 Å². The zero-order chi connectivity index (χ0) is 18.5. The van der Waals surface area contributed by atoms with Crippen LogP contribution in [-0.2, 0) is 17.8 Å². The lowest BCUT2D eigenvalue weighted by molar-refractivity contribution is -0.885. The first kappa shape index (κ1) is 18.5. The molecule has 0 fully saturated rings. The van der Waals surface area contributed by atoms with Crippen molar-refractivity contribution in [1.29, 1.82) is 0 Å². The number of nitrogens with zero attached hydrogens (tertiary/aromatic N) is 1. The molecule has 0 spiro atoms. The predicted octanol–water partition coefficient (Wildman–Crippen LogP) is 2.75. The lowest BCUT2D eigenvalue weighted by Crippen LogP contribution is -3.08. The lowest BCUT2D eigenvalue weighted by atomic mass is 10.1. The normalized spacial score (nSPS) is 13.5. The van der Waals surface area contributed by atoms with Crippen molar-refractivity contribution in [3.8, 4) is 0 Å². The van der Waals surface area contributed by atoms with Gasteiger partial charge in [0, 0.05) is 0 Å². The number of carbonyl (C=O) groups is 1. The molecular formula is C21H26N3OS+.